The average molecular weight is 1170 g/mol. The molecule has 14 fully saturated rings. The summed E-state index contributed by atoms with van der Waals surface area (Å²) in [5.41, 5.74) is 0.202. The van der Waals surface area contributed by atoms with Gasteiger partial charge in [-0.25, -0.2) is 0 Å². The van der Waals surface area contributed by atoms with Crippen molar-refractivity contribution in [1.29, 1.82) is 0 Å². The highest BCUT2D eigenvalue weighted by atomic mass is 28.6. The third kappa shape index (κ3) is 10.2. The van der Waals surface area contributed by atoms with E-state index in [0.717, 1.165) is 225 Å². The minimum atomic E-state index is -4.14. The van der Waals surface area contributed by atoms with Crippen molar-refractivity contribution in [3.8, 4) is 0 Å². The molecule has 6 heterocycles. The van der Waals surface area contributed by atoms with E-state index in [9.17, 15) is 0 Å². The van der Waals surface area contributed by atoms with Crippen LogP contribution in [0.25, 0.3) is 0 Å². The molecule has 8 aliphatic carbocycles. The van der Waals surface area contributed by atoms with Crippen LogP contribution in [0.3, 0.4) is 0 Å². The SMILES string of the molecule is CCCCB1O[Si]2(C3CCCCC3)O[Si]3(C4CCCCC4)O[Si]4(C5CCCCC5)O[Si](C5CCCCC5)(O1)O[Si]1(C5CCCCC5)O[Si](C5CCCCC5)(O2)O[Si](C2CCCCC2)(O3)O[Si](C2CCCCC2)(O4)O1. The zero-order valence-corrected chi connectivity index (χ0v) is 53.9. The molecule has 6 aliphatic heterocycles. The van der Waals surface area contributed by atoms with Gasteiger partial charge in [0, 0.05) is 44.3 Å². The summed E-state index contributed by atoms with van der Waals surface area (Å²) in [4.78, 5) is 0. The molecule has 13 nitrogen and oxygen atoms in total. The fourth-order valence-electron chi connectivity index (χ4n) is 17.2. The summed E-state index contributed by atoms with van der Waals surface area (Å²) in [6.07, 6.45) is 46.0. The van der Waals surface area contributed by atoms with E-state index in [-0.39, 0.29) is 44.3 Å². The molecule has 0 radical (unpaired) electrons. The Balaban J connectivity index is 1.17. The fourth-order valence-corrected chi connectivity index (χ4v) is 71.4. The molecular weight excluding hydrogens is 1070 g/mol. The summed E-state index contributed by atoms with van der Waals surface area (Å²) >= 11 is 0. The van der Waals surface area contributed by atoms with Crippen LogP contribution < -0.4 is 0 Å². The molecule has 0 N–H and O–H groups in total. The third-order valence-corrected chi connectivity index (χ3v) is 60.2. The Bertz CT molecular complexity index is 1680. The molecule has 0 aromatic heterocycles. The van der Waals surface area contributed by atoms with E-state index in [4.69, 9.17) is 54.0 Å². The fraction of sp³-hybridized carbons (Fsp3) is 1.00. The lowest BCUT2D eigenvalue weighted by Gasteiger charge is -2.66. The van der Waals surface area contributed by atoms with Gasteiger partial charge >= 0.3 is 77.6 Å². The van der Waals surface area contributed by atoms with Crippen LogP contribution in [0.1, 0.15) is 277 Å². The maximum Gasteiger partial charge on any atom is 0.482 e. The second-order valence-corrected chi connectivity index (χ2v) is 52.1. The van der Waals surface area contributed by atoms with Crippen LogP contribution in [-0.2, 0) is 54.0 Å². The van der Waals surface area contributed by atoms with Crippen LogP contribution in [-0.4, -0.2) is 77.6 Å². The van der Waals surface area contributed by atoms with Gasteiger partial charge in [-0.3, -0.25) is 0 Å². The maximum absolute atomic E-state index is 8.94. The topological polar surface area (TPSA) is 120 Å². The number of rotatable bonds is 11. The molecule has 0 aromatic carbocycles. The summed E-state index contributed by atoms with van der Waals surface area (Å²) < 4.78 is 115. The Kier molecular flexibility index (Phi) is 16.8. The third-order valence-electron chi connectivity index (χ3n) is 21.4. The van der Waals surface area contributed by atoms with E-state index in [0.29, 0.717) is 0 Å². The molecular formula is C52H97BO13Si8. The second kappa shape index (κ2) is 22.8. The van der Waals surface area contributed by atoms with Gasteiger partial charge in [-0.1, -0.05) is 174 Å². The van der Waals surface area contributed by atoms with Crippen LogP contribution in [0, 0.1) is 0 Å². The van der Waals surface area contributed by atoms with E-state index in [1.165, 1.54) is 51.4 Å². The zero-order valence-electron chi connectivity index (χ0n) is 45.9. The highest BCUT2D eigenvalue weighted by molar-refractivity contribution is 7.03. The van der Waals surface area contributed by atoms with Crippen molar-refractivity contribution in [2.45, 2.75) is 327 Å². The molecule has 4 unspecified atom stereocenters. The van der Waals surface area contributed by atoms with Crippen molar-refractivity contribution < 1.29 is 54.0 Å². The molecule has 6 saturated heterocycles. The van der Waals surface area contributed by atoms with Crippen molar-refractivity contribution in [3.05, 3.63) is 0 Å². The van der Waals surface area contributed by atoms with Gasteiger partial charge < -0.3 is 54.0 Å². The first-order valence-electron chi connectivity index (χ1n) is 32.3. The smallest absolute Gasteiger partial charge is 0.412 e. The lowest BCUT2D eigenvalue weighted by molar-refractivity contribution is -0.0384. The summed E-state index contributed by atoms with van der Waals surface area (Å²) in [5, 5.41) is 0. The monoisotopic (exact) mass is 1160 g/mol. The summed E-state index contributed by atoms with van der Waals surface area (Å²) in [6.45, 7) is 2.31. The highest BCUT2D eigenvalue weighted by Crippen LogP contribution is 2.65. The molecule has 0 spiro atoms. The first-order valence-corrected chi connectivity index (χ1v) is 46.7. The maximum atomic E-state index is 8.94. The van der Waals surface area contributed by atoms with Crippen molar-refractivity contribution in [2.75, 3.05) is 0 Å². The Morgan fingerprint density at radius 2 is 0.405 bits per heavy atom. The predicted molar refractivity (Wildman–Crippen MR) is 300 cm³/mol. The number of unbranched alkanes of at least 4 members (excludes halogenated alkanes) is 1. The molecule has 8 saturated carbocycles. The molecule has 14 rings (SSSR count). The first-order chi connectivity index (χ1) is 36.3. The largest absolute Gasteiger partial charge is 0.482 e. The quantitative estimate of drug-likeness (QED) is 0.183. The van der Waals surface area contributed by atoms with Gasteiger partial charge in [0.2, 0.25) is 0 Å². The van der Waals surface area contributed by atoms with Crippen LogP contribution >= 0.6 is 0 Å². The van der Waals surface area contributed by atoms with Crippen molar-refractivity contribution in [2.24, 2.45) is 0 Å². The molecule has 0 aromatic rings. The normalized spacial score (nSPS) is 44.8. The lowest BCUT2D eigenvalue weighted by Crippen LogP contribution is -2.89. The van der Waals surface area contributed by atoms with E-state index in [1.807, 2.05) is 0 Å². The van der Waals surface area contributed by atoms with E-state index in [2.05, 4.69) is 6.92 Å². The summed E-state index contributed by atoms with van der Waals surface area (Å²) in [5.74, 6) is 0. The standard InChI is InChI=1S/C52H97BO13Si8/c1-2-3-44-53-54-67(45-28-12-4-13-29-45)56-69(47-32-16-6-17-33-47)60-71(49-36-20-8-21-37-49)58-68(55-53,46-30-14-5-15-31-46)59-72(50-38-22-9-23-39-50)61-70(57-67,48-34-18-7-19-35-48)63-73(62-69,51-40-24-10-25-41-51)66-74(64-71,65-72)52-42-26-11-27-43-52/h45-52H,2-44H2,1H3. The van der Waals surface area contributed by atoms with Crippen molar-refractivity contribution >= 4 is 77.6 Å². The van der Waals surface area contributed by atoms with E-state index >= 15 is 0 Å². The minimum Gasteiger partial charge on any atom is -0.412 e. The molecule has 22 heteroatoms. The van der Waals surface area contributed by atoms with Gasteiger partial charge in [0.05, 0.1) is 0 Å². The van der Waals surface area contributed by atoms with Crippen LogP contribution in [0.4, 0.5) is 0 Å². The highest BCUT2D eigenvalue weighted by Gasteiger charge is 2.87. The van der Waals surface area contributed by atoms with E-state index in [1.54, 1.807) is 0 Å². The summed E-state index contributed by atoms with van der Waals surface area (Å²) in [6, 6.07) is 0. The molecule has 0 amide bonds. The molecule has 14 aliphatic rings. The lowest BCUT2D eigenvalue weighted by atomic mass is 9.84. The predicted octanol–water partition coefficient (Wildman–Crippen LogP) is 15.7. The van der Waals surface area contributed by atoms with Gasteiger partial charge in [0.25, 0.3) is 0 Å². The van der Waals surface area contributed by atoms with Crippen LogP contribution in [0.2, 0.25) is 50.6 Å². The zero-order chi connectivity index (χ0) is 49.8. The van der Waals surface area contributed by atoms with Gasteiger partial charge in [-0.2, -0.15) is 0 Å². The molecule has 418 valence electrons. The minimum absolute atomic E-state index is 0.0152. The number of hydrogen-bond donors (Lipinski definition) is 0. The summed E-state index contributed by atoms with van der Waals surface area (Å²) in [7, 11) is -33.5. The Morgan fingerprint density at radius 3 is 0.581 bits per heavy atom. The first kappa shape index (κ1) is 54.5. The molecule has 4 atom stereocenters. The van der Waals surface area contributed by atoms with Crippen molar-refractivity contribution in [1.82, 2.24) is 0 Å². The van der Waals surface area contributed by atoms with Gasteiger partial charge in [-0.05, 0) is 109 Å². The Labute approximate surface area is 456 Å². The Morgan fingerprint density at radius 1 is 0.243 bits per heavy atom. The van der Waals surface area contributed by atoms with Gasteiger partial charge in [-0.15, -0.1) is 0 Å². The average Bonchev–Trinajstić information content (AvgIpc) is 3.49. The van der Waals surface area contributed by atoms with Gasteiger partial charge in [0.1, 0.15) is 0 Å². The second-order valence-electron chi connectivity index (χ2n) is 26.4. The van der Waals surface area contributed by atoms with E-state index < -0.39 is 77.6 Å². The Hall–Kier alpha value is 1.28. The van der Waals surface area contributed by atoms with Crippen molar-refractivity contribution in [3.63, 3.8) is 0 Å². The number of hydrogen-bond acceptors (Lipinski definition) is 13. The molecule has 74 heavy (non-hydrogen) atoms. The van der Waals surface area contributed by atoms with Crippen LogP contribution in [0.15, 0.2) is 0 Å². The van der Waals surface area contributed by atoms with Crippen LogP contribution in [0.5, 0.6) is 0 Å². The number of fused-ring (bicyclic) bond motifs is 2. The van der Waals surface area contributed by atoms with Gasteiger partial charge in [0.15, 0.2) is 0 Å². The molecule has 8 bridgehead atoms.